The molecule has 0 spiro atoms. The van der Waals surface area contributed by atoms with Gasteiger partial charge < -0.3 is 9.26 Å². The number of pyridine rings is 1. The van der Waals surface area contributed by atoms with E-state index in [1.807, 2.05) is 19.1 Å². The van der Waals surface area contributed by atoms with Crippen molar-refractivity contribution in [2.45, 2.75) is 13.5 Å². The summed E-state index contributed by atoms with van der Waals surface area (Å²) >= 11 is 3.32. The number of halogens is 1. The highest BCUT2D eigenvalue weighted by Gasteiger charge is 2.01. The maximum absolute atomic E-state index is 5.47. The van der Waals surface area contributed by atoms with Crippen LogP contribution in [0.2, 0.25) is 0 Å². The maximum Gasteiger partial charge on any atom is 0.139 e. The predicted molar refractivity (Wildman–Crippen MR) is 57.5 cm³/mol. The lowest BCUT2D eigenvalue weighted by Crippen LogP contribution is -1.95. The van der Waals surface area contributed by atoms with Crippen molar-refractivity contribution in [1.29, 1.82) is 0 Å². The van der Waals surface area contributed by atoms with Gasteiger partial charge in [-0.3, -0.25) is 4.98 Å². The van der Waals surface area contributed by atoms with Crippen LogP contribution in [0.5, 0.6) is 5.75 Å². The Hall–Kier alpha value is -1.36. The minimum atomic E-state index is 0.384. The molecule has 2 rings (SSSR count). The van der Waals surface area contributed by atoms with Gasteiger partial charge in [-0.1, -0.05) is 5.16 Å². The van der Waals surface area contributed by atoms with Crippen LogP contribution < -0.4 is 4.74 Å². The van der Waals surface area contributed by atoms with Gasteiger partial charge in [-0.2, -0.15) is 0 Å². The lowest BCUT2D eigenvalue weighted by atomic mass is 10.4. The number of hydrogen-bond donors (Lipinski definition) is 0. The van der Waals surface area contributed by atoms with Crippen LogP contribution in [0.4, 0.5) is 0 Å². The Bertz CT molecular complexity index is 456. The first-order valence-electron chi connectivity index (χ1n) is 4.39. The van der Waals surface area contributed by atoms with E-state index in [9.17, 15) is 0 Å². The Kier molecular flexibility index (Phi) is 3.01. The highest BCUT2D eigenvalue weighted by atomic mass is 79.9. The molecule has 0 saturated carbocycles. The first kappa shape index (κ1) is 10.2. The molecule has 0 aliphatic rings. The van der Waals surface area contributed by atoms with Gasteiger partial charge in [0, 0.05) is 16.7 Å². The molecule has 0 aliphatic heterocycles. The molecule has 0 aromatic carbocycles. The highest BCUT2D eigenvalue weighted by molar-refractivity contribution is 9.10. The second-order valence-corrected chi connectivity index (χ2v) is 3.97. The fourth-order valence-electron chi connectivity index (χ4n) is 1.11. The third-order valence-electron chi connectivity index (χ3n) is 1.74. The maximum atomic E-state index is 5.47. The molecule has 4 nitrogen and oxygen atoms in total. The molecule has 2 heterocycles. The molecule has 0 aliphatic carbocycles. The molecule has 15 heavy (non-hydrogen) atoms. The molecule has 0 N–H and O–H groups in total. The molecule has 0 atom stereocenters. The Labute approximate surface area is 95.4 Å². The van der Waals surface area contributed by atoms with Crippen LogP contribution in [0.25, 0.3) is 0 Å². The third-order valence-corrected chi connectivity index (χ3v) is 2.18. The molecule has 0 unspecified atom stereocenters. The Balaban J connectivity index is 1.99. The predicted octanol–water partition coefficient (Wildman–Crippen LogP) is 2.72. The van der Waals surface area contributed by atoms with E-state index in [1.54, 1.807) is 12.4 Å². The normalized spacial score (nSPS) is 10.3. The van der Waals surface area contributed by atoms with Gasteiger partial charge in [0.15, 0.2) is 0 Å². The number of aryl methyl sites for hydroxylation is 1. The molecule has 78 valence electrons. The van der Waals surface area contributed by atoms with Crippen LogP contribution >= 0.6 is 15.9 Å². The molecular formula is C10H9BrN2O2. The first-order chi connectivity index (χ1) is 7.24. The van der Waals surface area contributed by atoms with Gasteiger partial charge in [0.2, 0.25) is 0 Å². The molecule has 2 aromatic heterocycles. The summed E-state index contributed by atoms with van der Waals surface area (Å²) in [7, 11) is 0. The Morgan fingerprint density at radius 2 is 2.27 bits per heavy atom. The van der Waals surface area contributed by atoms with E-state index < -0.39 is 0 Å². The fourth-order valence-corrected chi connectivity index (χ4v) is 1.46. The topological polar surface area (TPSA) is 48.2 Å². The van der Waals surface area contributed by atoms with Crippen molar-refractivity contribution in [2.24, 2.45) is 0 Å². The summed E-state index contributed by atoms with van der Waals surface area (Å²) < 4.78 is 11.3. The lowest BCUT2D eigenvalue weighted by molar-refractivity contribution is 0.286. The van der Waals surface area contributed by atoms with E-state index in [-0.39, 0.29) is 0 Å². The monoisotopic (exact) mass is 268 g/mol. The summed E-state index contributed by atoms with van der Waals surface area (Å²) in [5, 5.41) is 3.82. The first-order valence-corrected chi connectivity index (χ1v) is 5.19. The number of rotatable bonds is 3. The number of ether oxygens (including phenoxy) is 1. The smallest absolute Gasteiger partial charge is 0.139 e. The van der Waals surface area contributed by atoms with Gasteiger partial charge in [0.05, 0.1) is 6.20 Å². The van der Waals surface area contributed by atoms with Crippen LogP contribution in [0.1, 0.15) is 11.5 Å². The summed E-state index contributed by atoms with van der Waals surface area (Å²) in [5.74, 6) is 1.48. The lowest BCUT2D eigenvalue weighted by Gasteiger charge is -2.02. The molecule has 0 radical (unpaired) electrons. The van der Waals surface area contributed by atoms with Crippen molar-refractivity contribution in [3.8, 4) is 5.75 Å². The second kappa shape index (κ2) is 4.44. The summed E-state index contributed by atoms with van der Waals surface area (Å²) in [4.78, 5) is 3.99. The SMILES string of the molecule is Cc1cc(COc2cncc(Br)c2)no1. The van der Waals surface area contributed by atoms with Gasteiger partial charge in [0.25, 0.3) is 0 Å². The second-order valence-electron chi connectivity index (χ2n) is 3.06. The standard InChI is InChI=1S/C10H9BrN2O2/c1-7-2-9(13-15-7)6-14-10-3-8(11)4-12-5-10/h2-5H,6H2,1H3. The van der Waals surface area contributed by atoms with E-state index in [0.717, 1.165) is 15.9 Å². The van der Waals surface area contributed by atoms with Crippen LogP contribution in [-0.2, 0) is 6.61 Å². The van der Waals surface area contributed by atoms with Gasteiger partial charge in [0.1, 0.15) is 23.8 Å². The molecule has 0 fully saturated rings. The van der Waals surface area contributed by atoms with E-state index in [2.05, 4.69) is 26.1 Å². The zero-order valence-electron chi connectivity index (χ0n) is 8.11. The number of aromatic nitrogens is 2. The average molecular weight is 269 g/mol. The van der Waals surface area contributed by atoms with Crippen LogP contribution in [0.15, 0.2) is 33.5 Å². The van der Waals surface area contributed by atoms with Crippen molar-refractivity contribution < 1.29 is 9.26 Å². The van der Waals surface area contributed by atoms with Gasteiger partial charge in [-0.05, 0) is 28.9 Å². The van der Waals surface area contributed by atoms with Crippen molar-refractivity contribution in [1.82, 2.24) is 10.1 Å². The van der Waals surface area contributed by atoms with E-state index >= 15 is 0 Å². The van der Waals surface area contributed by atoms with Crippen LogP contribution in [0, 0.1) is 6.92 Å². The quantitative estimate of drug-likeness (QED) is 0.859. The summed E-state index contributed by atoms with van der Waals surface area (Å²) in [6.45, 7) is 2.23. The Morgan fingerprint density at radius 1 is 1.40 bits per heavy atom. The van der Waals surface area contributed by atoms with Gasteiger partial charge in [-0.25, -0.2) is 0 Å². The van der Waals surface area contributed by atoms with Crippen molar-refractivity contribution in [2.75, 3.05) is 0 Å². The van der Waals surface area contributed by atoms with Gasteiger partial charge >= 0.3 is 0 Å². The molecule has 5 heteroatoms. The highest BCUT2D eigenvalue weighted by Crippen LogP contribution is 2.17. The van der Waals surface area contributed by atoms with Gasteiger partial charge in [-0.15, -0.1) is 0 Å². The Morgan fingerprint density at radius 3 is 2.93 bits per heavy atom. The van der Waals surface area contributed by atoms with Crippen LogP contribution in [-0.4, -0.2) is 10.1 Å². The third kappa shape index (κ3) is 2.79. The fraction of sp³-hybridized carbons (Fsp3) is 0.200. The zero-order valence-corrected chi connectivity index (χ0v) is 9.69. The molecular weight excluding hydrogens is 260 g/mol. The minimum absolute atomic E-state index is 0.384. The molecule has 0 amide bonds. The number of hydrogen-bond acceptors (Lipinski definition) is 4. The summed E-state index contributed by atoms with van der Waals surface area (Å²) in [6, 6.07) is 3.69. The summed E-state index contributed by atoms with van der Waals surface area (Å²) in [5.41, 5.74) is 0.771. The van der Waals surface area contributed by atoms with Crippen molar-refractivity contribution in [3.63, 3.8) is 0 Å². The molecule has 0 bridgehead atoms. The molecule has 0 saturated heterocycles. The van der Waals surface area contributed by atoms with E-state index in [1.165, 1.54) is 0 Å². The minimum Gasteiger partial charge on any atom is -0.486 e. The number of nitrogens with zero attached hydrogens (tertiary/aromatic N) is 2. The zero-order chi connectivity index (χ0) is 10.7. The van der Waals surface area contributed by atoms with E-state index in [0.29, 0.717) is 12.4 Å². The van der Waals surface area contributed by atoms with E-state index in [4.69, 9.17) is 9.26 Å². The van der Waals surface area contributed by atoms with Crippen LogP contribution in [0.3, 0.4) is 0 Å². The van der Waals surface area contributed by atoms with Crippen molar-refractivity contribution in [3.05, 3.63) is 40.5 Å². The van der Waals surface area contributed by atoms with Crippen molar-refractivity contribution >= 4 is 15.9 Å². The molecule has 2 aromatic rings. The summed E-state index contributed by atoms with van der Waals surface area (Å²) in [6.07, 6.45) is 3.35. The average Bonchev–Trinajstić information content (AvgIpc) is 2.62. The largest absolute Gasteiger partial charge is 0.486 e.